The van der Waals surface area contributed by atoms with Gasteiger partial charge in [0, 0.05) is 12.6 Å². The summed E-state index contributed by atoms with van der Waals surface area (Å²) in [5.41, 5.74) is 0.622. The van der Waals surface area contributed by atoms with Crippen LogP contribution >= 0.6 is 0 Å². The quantitative estimate of drug-likeness (QED) is 0.794. The van der Waals surface area contributed by atoms with Gasteiger partial charge in [-0.05, 0) is 36.3 Å². The van der Waals surface area contributed by atoms with E-state index in [9.17, 15) is 14.0 Å². The molecule has 1 aromatic rings. The van der Waals surface area contributed by atoms with Gasteiger partial charge in [-0.1, -0.05) is 12.1 Å². The number of ether oxygens (including phenoxy) is 1. The average molecular weight is 275 g/mol. The van der Waals surface area contributed by atoms with Gasteiger partial charge < -0.3 is 4.74 Å². The summed E-state index contributed by atoms with van der Waals surface area (Å²) < 4.78 is 18.1. The Kier molecular flexibility index (Phi) is 4.30. The second-order valence-electron chi connectivity index (χ2n) is 4.25. The van der Waals surface area contributed by atoms with E-state index in [2.05, 4.69) is 0 Å². The Morgan fingerprint density at radius 2 is 2.25 bits per heavy atom. The van der Waals surface area contributed by atoms with E-state index in [1.54, 1.807) is 6.08 Å². The summed E-state index contributed by atoms with van der Waals surface area (Å²) in [5.74, 6) is -1.06. The zero-order valence-corrected chi connectivity index (χ0v) is 11.0. The van der Waals surface area contributed by atoms with E-state index >= 15 is 0 Å². The molecule has 0 bridgehead atoms. The van der Waals surface area contributed by atoms with Crippen LogP contribution in [0, 0.1) is 5.82 Å². The predicted molar refractivity (Wildman–Crippen MR) is 72.5 cm³/mol. The minimum Gasteiger partial charge on any atom is -0.494 e. The molecule has 104 valence electrons. The summed E-state index contributed by atoms with van der Waals surface area (Å²) in [6, 6.07) is 4.27. The van der Waals surface area contributed by atoms with Gasteiger partial charge >= 0.3 is 0 Å². The lowest BCUT2D eigenvalue weighted by atomic mass is 10.2. The van der Waals surface area contributed by atoms with Gasteiger partial charge in [-0.2, -0.15) is 0 Å². The van der Waals surface area contributed by atoms with Crippen LogP contribution in [0.2, 0.25) is 0 Å². The maximum atomic E-state index is 13.2. The van der Waals surface area contributed by atoms with Crippen LogP contribution in [-0.2, 0) is 9.59 Å². The molecule has 0 N–H and O–H groups in total. The molecule has 0 fully saturated rings. The molecule has 0 saturated carbocycles. The maximum absolute atomic E-state index is 13.2. The molecule has 0 spiro atoms. The Hall–Kier alpha value is -2.43. The number of imide groups is 1. The fraction of sp³-hybridized carbons (Fsp3) is 0.200. The fourth-order valence-corrected chi connectivity index (χ4v) is 1.84. The molecule has 0 radical (unpaired) electrons. The first kappa shape index (κ1) is 14.0. The molecule has 20 heavy (non-hydrogen) atoms. The van der Waals surface area contributed by atoms with Gasteiger partial charge in [-0.15, -0.1) is 0 Å². The second kappa shape index (κ2) is 6.14. The highest BCUT2D eigenvalue weighted by Crippen LogP contribution is 2.19. The number of halogens is 1. The monoisotopic (exact) mass is 275 g/mol. The van der Waals surface area contributed by atoms with Gasteiger partial charge in [0.05, 0.1) is 7.11 Å². The van der Waals surface area contributed by atoms with Crippen LogP contribution in [0.3, 0.4) is 0 Å². The predicted octanol–water partition coefficient (Wildman–Crippen LogP) is 2.16. The third-order valence-corrected chi connectivity index (χ3v) is 2.91. The van der Waals surface area contributed by atoms with Crippen LogP contribution in [0.4, 0.5) is 4.39 Å². The average Bonchev–Trinajstić information content (AvgIpc) is 2.46. The number of amides is 2. The van der Waals surface area contributed by atoms with Gasteiger partial charge in [0.15, 0.2) is 11.6 Å². The summed E-state index contributed by atoms with van der Waals surface area (Å²) in [7, 11) is 1.37. The number of hydrogen-bond acceptors (Lipinski definition) is 3. The molecule has 2 rings (SSSR count). The molecule has 1 heterocycles. The van der Waals surface area contributed by atoms with Crippen LogP contribution in [0.1, 0.15) is 12.0 Å². The molecule has 0 saturated heterocycles. The Balaban J connectivity index is 2.11. The highest BCUT2D eigenvalue weighted by molar-refractivity contribution is 6.06. The first-order chi connectivity index (χ1) is 9.61. The van der Waals surface area contributed by atoms with Gasteiger partial charge in [0.25, 0.3) is 11.8 Å². The number of rotatable bonds is 3. The minimum absolute atomic E-state index is 0.108. The van der Waals surface area contributed by atoms with Crippen LogP contribution in [-0.4, -0.2) is 30.4 Å². The Labute approximate surface area is 116 Å². The van der Waals surface area contributed by atoms with Crippen LogP contribution in [0.5, 0.6) is 5.75 Å². The molecule has 4 nitrogen and oxygen atoms in total. The van der Waals surface area contributed by atoms with Crippen LogP contribution in [0.15, 0.2) is 36.4 Å². The third kappa shape index (κ3) is 3.12. The largest absolute Gasteiger partial charge is 0.494 e. The molecule has 1 aromatic carbocycles. The molecular weight excluding hydrogens is 261 g/mol. The van der Waals surface area contributed by atoms with Crippen molar-refractivity contribution in [1.82, 2.24) is 4.90 Å². The highest BCUT2D eigenvalue weighted by atomic mass is 19.1. The van der Waals surface area contributed by atoms with Crippen molar-refractivity contribution >= 4 is 17.9 Å². The second-order valence-corrected chi connectivity index (χ2v) is 4.25. The van der Waals surface area contributed by atoms with Crippen molar-refractivity contribution in [3.63, 3.8) is 0 Å². The molecule has 0 unspecified atom stereocenters. The summed E-state index contributed by atoms with van der Waals surface area (Å²) >= 11 is 0. The molecule has 1 aliphatic heterocycles. The smallest absolute Gasteiger partial charge is 0.253 e. The summed E-state index contributed by atoms with van der Waals surface area (Å²) in [6.07, 6.45) is 6.60. The van der Waals surface area contributed by atoms with Gasteiger partial charge in [-0.3, -0.25) is 14.5 Å². The molecule has 0 atom stereocenters. The topological polar surface area (TPSA) is 46.6 Å². The number of methoxy groups -OCH3 is 1. The lowest BCUT2D eigenvalue weighted by Gasteiger charge is -2.19. The van der Waals surface area contributed by atoms with E-state index in [0.29, 0.717) is 18.5 Å². The molecule has 2 amide bonds. The number of carbonyl (C=O) groups excluding carboxylic acids is 2. The van der Waals surface area contributed by atoms with E-state index in [1.165, 1.54) is 43.5 Å². The van der Waals surface area contributed by atoms with Crippen molar-refractivity contribution in [2.75, 3.05) is 13.7 Å². The summed E-state index contributed by atoms with van der Waals surface area (Å²) in [6.45, 7) is 0.380. The number of hydrogen-bond donors (Lipinski definition) is 0. The SMILES string of the molecule is COc1cc(/C=C/C(=O)N2CCC=CC2=O)ccc1F. The molecular formula is C15H14FNO3. The zero-order valence-electron chi connectivity index (χ0n) is 11.0. The van der Waals surface area contributed by atoms with Gasteiger partial charge in [-0.25, -0.2) is 4.39 Å². The first-order valence-corrected chi connectivity index (χ1v) is 6.15. The third-order valence-electron chi connectivity index (χ3n) is 2.91. The van der Waals surface area contributed by atoms with Crippen molar-refractivity contribution in [2.45, 2.75) is 6.42 Å². The summed E-state index contributed by atoms with van der Waals surface area (Å²) in [5, 5.41) is 0. The molecule has 1 aliphatic rings. The standard InChI is InChI=1S/C15H14FNO3/c1-20-13-10-11(5-7-12(13)16)6-8-15(19)17-9-3-2-4-14(17)18/h2,4-8,10H,3,9H2,1H3/b8-6+. The van der Waals surface area contributed by atoms with Crippen molar-refractivity contribution < 1.29 is 18.7 Å². The Bertz CT molecular complexity index is 593. The van der Waals surface area contributed by atoms with E-state index in [4.69, 9.17) is 4.74 Å². The Morgan fingerprint density at radius 1 is 1.45 bits per heavy atom. The van der Waals surface area contributed by atoms with E-state index in [-0.39, 0.29) is 17.6 Å². The van der Waals surface area contributed by atoms with Crippen molar-refractivity contribution in [3.8, 4) is 5.75 Å². The minimum atomic E-state index is -0.465. The lowest BCUT2D eigenvalue weighted by Crippen LogP contribution is -2.37. The van der Waals surface area contributed by atoms with E-state index < -0.39 is 5.82 Å². The fourth-order valence-electron chi connectivity index (χ4n) is 1.84. The summed E-state index contributed by atoms with van der Waals surface area (Å²) in [4.78, 5) is 24.6. The van der Waals surface area contributed by atoms with Crippen molar-refractivity contribution in [2.24, 2.45) is 0 Å². The van der Waals surface area contributed by atoms with Crippen molar-refractivity contribution in [3.05, 3.63) is 47.8 Å². The maximum Gasteiger partial charge on any atom is 0.253 e. The number of carbonyl (C=O) groups is 2. The zero-order chi connectivity index (χ0) is 14.5. The van der Waals surface area contributed by atoms with E-state index in [0.717, 1.165) is 4.90 Å². The lowest BCUT2D eigenvalue weighted by molar-refractivity contribution is -0.139. The van der Waals surface area contributed by atoms with Crippen LogP contribution in [0.25, 0.3) is 6.08 Å². The molecule has 5 heteroatoms. The van der Waals surface area contributed by atoms with E-state index in [1.807, 2.05) is 0 Å². The number of nitrogens with zero attached hydrogens (tertiary/aromatic N) is 1. The van der Waals surface area contributed by atoms with Gasteiger partial charge in [0.1, 0.15) is 0 Å². The number of benzene rings is 1. The van der Waals surface area contributed by atoms with Crippen LogP contribution < -0.4 is 4.74 Å². The normalized spacial score (nSPS) is 14.9. The van der Waals surface area contributed by atoms with Gasteiger partial charge in [0.2, 0.25) is 0 Å². The van der Waals surface area contributed by atoms with Crippen molar-refractivity contribution in [1.29, 1.82) is 0 Å². The first-order valence-electron chi connectivity index (χ1n) is 6.15. The molecule has 0 aliphatic carbocycles. The highest BCUT2D eigenvalue weighted by Gasteiger charge is 2.18. The Morgan fingerprint density at radius 3 is 2.95 bits per heavy atom. The molecule has 0 aromatic heterocycles.